The molecule has 5 rings (SSSR count). The molecule has 0 spiro atoms. The highest BCUT2D eigenvalue weighted by molar-refractivity contribution is 6.30. The second-order valence-electron chi connectivity index (χ2n) is 7.44. The van der Waals surface area contributed by atoms with Crippen LogP contribution in [0.3, 0.4) is 0 Å². The number of carbonyl (C=O) groups is 2. The third kappa shape index (κ3) is 2.53. The van der Waals surface area contributed by atoms with Crippen LogP contribution in [0.2, 0.25) is 5.02 Å². The van der Waals surface area contributed by atoms with Gasteiger partial charge in [-0.3, -0.25) is 4.79 Å². The highest BCUT2D eigenvalue weighted by atomic mass is 35.5. The van der Waals surface area contributed by atoms with E-state index >= 15 is 0 Å². The van der Waals surface area contributed by atoms with E-state index in [1.165, 1.54) is 0 Å². The Morgan fingerprint density at radius 2 is 1.88 bits per heavy atom. The van der Waals surface area contributed by atoms with Crippen LogP contribution in [0.1, 0.15) is 30.9 Å². The molecule has 4 aliphatic rings. The molecule has 2 atom stereocenters. The highest BCUT2D eigenvalue weighted by Gasteiger charge is 2.80. The van der Waals surface area contributed by atoms with Crippen LogP contribution in [-0.4, -0.2) is 30.8 Å². The minimum Gasteiger partial charge on any atom is -0.434 e. The monoisotopic (exact) mass is 388 g/mol. The SMILES string of the molecule is O=C1NCC(C(=O)N[C@@H](c2ccc(Cl)cc2)C23CC(C(F)(F)F)(C2)C3)O1. The summed E-state index contributed by atoms with van der Waals surface area (Å²) >= 11 is 5.89. The molecule has 140 valence electrons. The predicted molar refractivity (Wildman–Crippen MR) is 85.4 cm³/mol. The average molecular weight is 389 g/mol. The summed E-state index contributed by atoms with van der Waals surface area (Å²) in [6.45, 7) is 0.0392. The first kappa shape index (κ1) is 17.5. The molecule has 1 aromatic carbocycles. The molecule has 0 aromatic heterocycles. The number of carbonyl (C=O) groups excluding carboxylic acids is 2. The number of alkyl carbamates (subject to hydrolysis) is 1. The molecule has 5 nitrogen and oxygen atoms in total. The molecule has 3 saturated carbocycles. The summed E-state index contributed by atoms with van der Waals surface area (Å²) in [6, 6.07) is 6.09. The fourth-order valence-electron chi connectivity index (χ4n) is 4.49. The van der Waals surface area contributed by atoms with Gasteiger partial charge >= 0.3 is 12.3 Å². The molecule has 9 heteroatoms. The summed E-state index contributed by atoms with van der Waals surface area (Å²) in [5, 5.41) is 5.68. The molecular formula is C17H16ClF3N2O3. The second-order valence-corrected chi connectivity index (χ2v) is 7.88. The van der Waals surface area contributed by atoms with Gasteiger partial charge < -0.3 is 15.4 Å². The average Bonchev–Trinajstić information content (AvgIpc) is 2.89. The van der Waals surface area contributed by atoms with Crippen molar-refractivity contribution in [3.05, 3.63) is 34.9 Å². The zero-order valence-electron chi connectivity index (χ0n) is 13.5. The number of amides is 2. The van der Waals surface area contributed by atoms with E-state index in [1.807, 2.05) is 0 Å². The van der Waals surface area contributed by atoms with Crippen molar-refractivity contribution in [2.24, 2.45) is 10.8 Å². The van der Waals surface area contributed by atoms with E-state index in [-0.39, 0.29) is 25.8 Å². The molecule has 4 fully saturated rings. The van der Waals surface area contributed by atoms with E-state index in [4.69, 9.17) is 16.3 Å². The van der Waals surface area contributed by atoms with Crippen LogP contribution in [0.25, 0.3) is 0 Å². The smallest absolute Gasteiger partial charge is 0.408 e. The summed E-state index contributed by atoms with van der Waals surface area (Å²) in [5.74, 6) is -0.519. The van der Waals surface area contributed by atoms with Crippen LogP contribution in [0.4, 0.5) is 18.0 Å². The molecule has 1 aliphatic heterocycles. The maximum atomic E-state index is 13.2. The molecule has 2 bridgehead atoms. The van der Waals surface area contributed by atoms with E-state index in [9.17, 15) is 22.8 Å². The first-order chi connectivity index (χ1) is 12.1. The second kappa shape index (κ2) is 5.52. The normalized spacial score (nSPS) is 33.4. The van der Waals surface area contributed by atoms with Gasteiger partial charge in [0.05, 0.1) is 18.0 Å². The minimum absolute atomic E-state index is 0.0141. The molecule has 26 heavy (non-hydrogen) atoms. The van der Waals surface area contributed by atoms with Crippen LogP contribution in [0.15, 0.2) is 24.3 Å². The molecule has 1 heterocycles. The molecule has 1 unspecified atom stereocenters. The number of hydrogen-bond acceptors (Lipinski definition) is 3. The summed E-state index contributed by atoms with van der Waals surface area (Å²) in [5.41, 5.74) is -1.56. The van der Waals surface area contributed by atoms with Crippen LogP contribution in [0.5, 0.6) is 0 Å². The van der Waals surface area contributed by atoms with Crippen molar-refractivity contribution in [1.82, 2.24) is 10.6 Å². The Balaban J connectivity index is 1.55. The maximum Gasteiger partial charge on any atom is 0.408 e. The Morgan fingerprint density at radius 1 is 1.27 bits per heavy atom. The quantitative estimate of drug-likeness (QED) is 0.831. The Kier molecular flexibility index (Phi) is 3.70. The zero-order valence-corrected chi connectivity index (χ0v) is 14.3. The predicted octanol–water partition coefficient (Wildman–Crippen LogP) is 3.34. The van der Waals surface area contributed by atoms with E-state index in [2.05, 4.69) is 10.6 Å². The Labute approximate surface area is 152 Å². The first-order valence-corrected chi connectivity index (χ1v) is 8.59. The van der Waals surface area contributed by atoms with Gasteiger partial charge in [-0.25, -0.2) is 4.79 Å². The van der Waals surface area contributed by atoms with E-state index in [1.54, 1.807) is 24.3 Å². The van der Waals surface area contributed by atoms with Crippen molar-refractivity contribution in [2.75, 3.05) is 6.54 Å². The van der Waals surface area contributed by atoms with Gasteiger partial charge in [0, 0.05) is 5.02 Å². The highest BCUT2D eigenvalue weighted by Crippen LogP contribution is 2.81. The Bertz CT molecular complexity index is 746. The van der Waals surface area contributed by atoms with Gasteiger partial charge in [0.15, 0.2) is 6.10 Å². The summed E-state index contributed by atoms with van der Waals surface area (Å²) in [7, 11) is 0. The van der Waals surface area contributed by atoms with Crippen molar-refractivity contribution >= 4 is 23.6 Å². The van der Waals surface area contributed by atoms with Crippen molar-refractivity contribution < 1.29 is 27.5 Å². The van der Waals surface area contributed by atoms with Crippen molar-refractivity contribution in [3.63, 3.8) is 0 Å². The van der Waals surface area contributed by atoms with Gasteiger partial charge in [-0.15, -0.1) is 0 Å². The molecule has 1 saturated heterocycles. The van der Waals surface area contributed by atoms with Gasteiger partial charge in [0.2, 0.25) is 0 Å². The number of alkyl halides is 3. The number of halogens is 4. The summed E-state index contributed by atoms with van der Waals surface area (Å²) in [4.78, 5) is 23.6. The lowest BCUT2D eigenvalue weighted by molar-refractivity contribution is -0.370. The molecule has 2 N–H and O–H groups in total. The third-order valence-corrected chi connectivity index (χ3v) is 6.00. The molecule has 1 aromatic rings. The van der Waals surface area contributed by atoms with E-state index < -0.39 is 41.2 Å². The molecule has 2 amide bonds. The largest absolute Gasteiger partial charge is 0.434 e. The number of hydrogen-bond donors (Lipinski definition) is 2. The zero-order chi connectivity index (χ0) is 18.7. The van der Waals surface area contributed by atoms with Crippen molar-refractivity contribution in [3.8, 4) is 0 Å². The fraction of sp³-hybridized carbons (Fsp3) is 0.529. The number of rotatable bonds is 4. The van der Waals surface area contributed by atoms with Crippen molar-refractivity contribution in [1.29, 1.82) is 0 Å². The minimum atomic E-state index is -4.23. The fourth-order valence-corrected chi connectivity index (χ4v) is 4.61. The van der Waals surface area contributed by atoms with E-state index in [0.717, 1.165) is 0 Å². The number of ether oxygens (including phenoxy) is 1. The van der Waals surface area contributed by atoms with Crippen LogP contribution in [0, 0.1) is 10.8 Å². The lowest BCUT2D eigenvalue weighted by Gasteiger charge is -2.73. The third-order valence-electron chi connectivity index (χ3n) is 5.75. The molecular weight excluding hydrogens is 373 g/mol. The topological polar surface area (TPSA) is 67.4 Å². The van der Waals surface area contributed by atoms with E-state index in [0.29, 0.717) is 10.6 Å². The first-order valence-electron chi connectivity index (χ1n) is 8.21. The lowest BCUT2D eigenvalue weighted by Crippen LogP contribution is -2.71. The Hall–Kier alpha value is -1.96. The lowest BCUT2D eigenvalue weighted by atomic mass is 9.32. The number of nitrogens with one attached hydrogen (secondary N) is 2. The van der Waals surface area contributed by atoms with Gasteiger partial charge in [-0.1, -0.05) is 23.7 Å². The van der Waals surface area contributed by atoms with Crippen LogP contribution >= 0.6 is 11.6 Å². The van der Waals surface area contributed by atoms with Crippen LogP contribution < -0.4 is 10.6 Å². The van der Waals surface area contributed by atoms with Crippen molar-refractivity contribution in [2.45, 2.75) is 37.6 Å². The van der Waals surface area contributed by atoms with Gasteiger partial charge in [0.1, 0.15) is 0 Å². The van der Waals surface area contributed by atoms with Crippen LogP contribution in [-0.2, 0) is 9.53 Å². The van der Waals surface area contributed by atoms with Gasteiger partial charge in [-0.2, -0.15) is 13.2 Å². The Morgan fingerprint density at radius 3 is 2.38 bits per heavy atom. The van der Waals surface area contributed by atoms with Gasteiger partial charge in [0.25, 0.3) is 5.91 Å². The number of cyclic esters (lactones) is 1. The summed E-state index contributed by atoms with van der Waals surface area (Å²) in [6.07, 6.45) is -5.94. The molecule has 0 radical (unpaired) electrons. The maximum absolute atomic E-state index is 13.2. The standard InChI is InChI=1S/C17H16ClF3N2O3/c18-10-3-1-9(2-4-10)12(23-13(24)11-5-22-14(25)26-11)15-6-16(7-15,8-15)17(19,20)21/h1-4,11-12H,5-8H2,(H,22,25)(H,23,24)/t11?,12-,15?,16?/m0/s1. The number of benzene rings is 1. The molecule has 3 aliphatic carbocycles. The van der Waals surface area contributed by atoms with Gasteiger partial charge in [-0.05, 0) is 42.4 Å². The summed E-state index contributed by atoms with van der Waals surface area (Å²) < 4.78 is 44.4.